The van der Waals surface area contributed by atoms with Crippen molar-refractivity contribution in [2.24, 2.45) is 17.4 Å². The number of aryl methyl sites for hydroxylation is 1. The highest BCUT2D eigenvalue weighted by molar-refractivity contribution is 5.93. The molecule has 1 amide bonds. The van der Waals surface area contributed by atoms with E-state index in [0.29, 0.717) is 11.5 Å². The molecule has 0 spiro atoms. The van der Waals surface area contributed by atoms with Gasteiger partial charge in [-0.1, -0.05) is 6.92 Å². The number of rotatable bonds is 2. The third kappa shape index (κ3) is 2.61. The monoisotopic (exact) mass is 248 g/mol. The third-order valence-electron chi connectivity index (χ3n) is 3.56. The maximum absolute atomic E-state index is 11.3. The number of primary amides is 1. The zero-order chi connectivity index (χ0) is 13.3. The van der Waals surface area contributed by atoms with Gasteiger partial charge >= 0.3 is 0 Å². The summed E-state index contributed by atoms with van der Waals surface area (Å²) in [6, 6.07) is 3.61. The van der Waals surface area contributed by atoms with Crippen LogP contribution in [0.5, 0.6) is 0 Å². The van der Waals surface area contributed by atoms with Crippen LogP contribution in [0.1, 0.15) is 29.4 Å². The van der Waals surface area contributed by atoms with Crippen LogP contribution >= 0.6 is 0 Å². The van der Waals surface area contributed by atoms with Crippen LogP contribution in [0, 0.1) is 12.8 Å². The van der Waals surface area contributed by atoms with E-state index in [1.54, 1.807) is 12.1 Å². The molecule has 1 aromatic heterocycles. The second kappa shape index (κ2) is 4.94. The van der Waals surface area contributed by atoms with Crippen LogP contribution < -0.4 is 16.4 Å². The lowest BCUT2D eigenvalue weighted by atomic mass is 9.94. The van der Waals surface area contributed by atoms with Crippen LogP contribution in [-0.2, 0) is 0 Å². The molecule has 0 bridgehead atoms. The van der Waals surface area contributed by atoms with E-state index < -0.39 is 5.91 Å². The summed E-state index contributed by atoms with van der Waals surface area (Å²) in [5.74, 6) is 0.907. The predicted molar refractivity (Wildman–Crippen MR) is 71.5 cm³/mol. The van der Waals surface area contributed by atoms with Crippen molar-refractivity contribution in [2.75, 3.05) is 18.0 Å². The van der Waals surface area contributed by atoms with E-state index in [1.807, 2.05) is 6.92 Å². The maximum Gasteiger partial charge on any atom is 0.248 e. The van der Waals surface area contributed by atoms with Crippen molar-refractivity contribution < 1.29 is 4.79 Å². The molecule has 1 aliphatic rings. The topological polar surface area (TPSA) is 85.2 Å². The number of nitrogens with zero attached hydrogens (tertiary/aromatic N) is 2. The van der Waals surface area contributed by atoms with Crippen LogP contribution in [0.25, 0.3) is 0 Å². The van der Waals surface area contributed by atoms with Gasteiger partial charge < -0.3 is 16.4 Å². The zero-order valence-corrected chi connectivity index (χ0v) is 10.9. The van der Waals surface area contributed by atoms with Gasteiger partial charge in [-0.2, -0.15) is 0 Å². The molecule has 1 fully saturated rings. The van der Waals surface area contributed by atoms with Crippen molar-refractivity contribution in [2.45, 2.75) is 26.3 Å². The lowest BCUT2D eigenvalue weighted by Gasteiger charge is -2.36. The van der Waals surface area contributed by atoms with E-state index in [2.05, 4.69) is 16.8 Å². The fourth-order valence-corrected chi connectivity index (χ4v) is 2.26. The summed E-state index contributed by atoms with van der Waals surface area (Å²) in [7, 11) is 0. The third-order valence-corrected chi connectivity index (χ3v) is 3.56. The highest BCUT2D eigenvalue weighted by Gasteiger charge is 2.24. The number of anilines is 1. The minimum atomic E-state index is -0.420. The number of carbonyl (C=O) groups is 1. The Morgan fingerprint density at radius 2 is 2.22 bits per heavy atom. The Morgan fingerprint density at radius 1 is 1.50 bits per heavy atom. The number of aromatic nitrogens is 1. The average molecular weight is 248 g/mol. The molecule has 2 unspecified atom stereocenters. The smallest absolute Gasteiger partial charge is 0.248 e. The number of pyridine rings is 1. The first-order valence-electron chi connectivity index (χ1n) is 6.26. The van der Waals surface area contributed by atoms with E-state index in [4.69, 9.17) is 11.5 Å². The molecule has 2 rings (SSSR count). The Kier molecular flexibility index (Phi) is 3.52. The molecule has 4 N–H and O–H groups in total. The fourth-order valence-electron chi connectivity index (χ4n) is 2.26. The highest BCUT2D eigenvalue weighted by atomic mass is 16.1. The first kappa shape index (κ1) is 12.8. The number of piperidine rings is 1. The molecule has 1 aromatic rings. The predicted octanol–water partition coefficient (Wildman–Crippen LogP) is 0.662. The molecule has 0 aromatic carbocycles. The Bertz CT molecular complexity index is 460. The zero-order valence-electron chi connectivity index (χ0n) is 10.9. The normalized spacial score (nSPS) is 24.1. The van der Waals surface area contributed by atoms with Gasteiger partial charge in [0.1, 0.15) is 5.82 Å². The molecule has 0 saturated carbocycles. The van der Waals surface area contributed by atoms with Gasteiger partial charge in [-0.3, -0.25) is 4.79 Å². The van der Waals surface area contributed by atoms with Gasteiger partial charge in [-0.25, -0.2) is 4.98 Å². The number of nitrogens with two attached hydrogens (primary N) is 2. The van der Waals surface area contributed by atoms with Gasteiger partial charge in [-0.05, 0) is 31.4 Å². The Labute approximate surface area is 107 Å². The SMILES string of the molecule is Cc1cc(C(N)=O)cc(N2CCC(C)C(N)C2)n1. The van der Waals surface area contributed by atoms with Crippen molar-refractivity contribution in [3.63, 3.8) is 0 Å². The summed E-state index contributed by atoms with van der Waals surface area (Å²) in [5.41, 5.74) is 12.7. The van der Waals surface area contributed by atoms with Crippen molar-refractivity contribution in [3.8, 4) is 0 Å². The van der Waals surface area contributed by atoms with Crippen LogP contribution in [-0.4, -0.2) is 30.0 Å². The minimum Gasteiger partial charge on any atom is -0.366 e. The molecule has 0 radical (unpaired) electrons. The average Bonchev–Trinajstić information content (AvgIpc) is 2.31. The number of amides is 1. The van der Waals surface area contributed by atoms with Crippen molar-refractivity contribution in [1.29, 1.82) is 0 Å². The van der Waals surface area contributed by atoms with Gasteiger partial charge in [0.05, 0.1) is 0 Å². The van der Waals surface area contributed by atoms with Gasteiger partial charge in [0.25, 0.3) is 0 Å². The maximum atomic E-state index is 11.3. The van der Waals surface area contributed by atoms with Crippen molar-refractivity contribution in [1.82, 2.24) is 4.98 Å². The standard InChI is InChI=1S/C13H20N4O/c1-8-3-4-17(7-11(8)14)12-6-10(13(15)18)5-9(2)16-12/h5-6,8,11H,3-4,7,14H2,1-2H3,(H2,15,18). The van der Waals surface area contributed by atoms with Crippen LogP contribution in [0.2, 0.25) is 0 Å². The fraction of sp³-hybridized carbons (Fsp3) is 0.538. The molecule has 5 heteroatoms. The molecule has 2 heterocycles. The Balaban J connectivity index is 2.25. The van der Waals surface area contributed by atoms with Gasteiger partial charge in [-0.15, -0.1) is 0 Å². The number of hydrogen-bond acceptors (Lipinski definition) is 4. The van der Waals surface area contributed by atoms with Crippen LogP contribution in [0.3, 0.4) is 0 Å². The molecule has 2 atom stereocenters. The van der Waals surface area contributed by atoms with E-state index in [0.717, 1.165) is 31.0 Å². The summed E-state index contributed by atoms with van der Waals surface area (Å²) in [4.78, 5) is 17.8. The number of hydrogen-bond donors (Lipinski definition) is 2. The molecular weight excluding hydrogens is 228 g/mol. The Morgan fingerprint density at radius 3 is 2.83 bits per heavy atom. The van der Waals surface area contributed by atoms with Crippen LogP contribution in [0.4, 0.5) is 5.82 Å². The van der Waals surface area contributed by atoms with Crippen LogP contribution in [0.15, 0.2) is 12.1 Å². The first-order valence-corrected chi connectivity index (χ1v) is 6.26. The summed E-state index contributed by atoms with van der Waals surface area (Å²) in [5, 5.41) is 0. The van der Waals surface area contributed by atoms with Crippen molar-refractivity contribution >= 4 is 11.7 Å². The van der Waals surface area contributed by atoms with E-state index in [-0.39, 0.29) is 6.04 Å². The van der Waals surface area contributed by atoms with E-state index >= 15 is 0 Å². The summed E-state index contributed by atoms with van der Waals surface area (Å²) in [6.45, 7) is 5.72. The summed E-state index contributed by atoms with van der Waals surface area (Å²) in [6.07, 6.45) is 1.04. The van der Waals surface area contributed by atoms with Crippen molar-refractivity contribution in [3.05, 3.63) is 23.4 Å². The number of carbonyl (C=O) groups excluding carboxylic acids is 1. The first-order chi connectivity index (χ1) is 8.47. The van der Waals surface area contributed by atoms with Gasteiger partial charge in [0, 0.05) is 30.4 Å². The molecule has 1 saturated heterocycles. The second-order valence-corrected chi connectivity index (χ2v) is 5.10. The molecule has 98 valence electrons. The van der Waals surface area contributed by atoms with E-state index in [1.165, 1.54) is 0 Å². The summed E-state index contributed by atoms with van der Waals surface area (Å²) >= 11 is 0. The molecule has 5 nitrogen and oxygen atoms in total. The lowest BCUT2D eigenvalue weighted by molar-refractivity contribution is 0.1000. The van der Waals surface area contributed by atoms with Gasteiger partial charge in [0.2, 0.25) is 5.91 Å². The lowest BCUT2D eigenvalue weighted by Crippen LogP contribution is -2.48. The molecular formula is C13H20N4O. The molecule has 18 heavy (non-hydrogen) atoms. The summed E-state index contributed by atoms with van der Waals surface area (Å²) < 4.78 is 0. The minimum absolute atomic E-state index is 0.151. The Hall–Kier alpha value is -1.62. The molecule has 0 aliphatic carbocycles. The largest absolute Gasteiger partial charge is 0.366 e. The van der Waals surface area contributed by atoms with E-state index in [9.17, 15) is 4.79 Å². The molecule has 1 aliphatic heterocycles. The highest BCUT2D eigenvalue weighted by Crippen LogP contribution is 2.22. The quantitative estimate of drug-likeness (QED) is 0.805. The van der Waals surface area contributed by atoms with Gasteiger partial charge in [0.15, 0.2) is 0 Å². The second-order valence-electron chi connectivity index (χ2n) is 5.10.